The quantitative estimate of drug-likeness (QED) is 0.727. The van der Waals surface area contributed by atoms with E-state index in [2.05, 4.69) is 20.3 Å². The Morgan fingerprint density at radius 2 is 2.07 bits per heavy atom. The minimum absolute atomic E-state index is 0.0173. The number of rotatable bonds is 6. The lowest BCUT2D eigenvalue weighted by atomic mass is 10.0. The highest BCUT2D eigenvalue weighted by Crippen LogP contribution is 2.26. The molecule has 1 aromatic heterocycles. The number of aryl methyl sites for hydroxylation is 1. The molecule has 0 radical (unpaired) electrons. The number of likely N-dealkylation sites (tertiary alicyclic amines) is 1. The third kappa shape index (κ3) is 5.38. The molecule has 9 heteroatoms. The largest absolute Gasteiger partial charge is 0.469 e. The Kier molecular flexibility index (Phi) is 6.92. The van der Waals surface area contributed by atoms with Crippen LogP contribution in [0.4, 0.5) is 5.69 Å². The van der Waals surface area contributed by atoms with Crippen LogP contribution in [0.5, 0.6) is 0 Å². The lowest BCUT2D eigenvalue weighted by molar-refractivity contribution is -0.145. The van der Waals surface area contributed by atoms with E-state index in [4.69, 9.17) is 0 Å². The standard InChI is InChI=1S/C20H24N4O4S/c1-13-22-23-20(29-13)14-6-5-7-15(12-14)21-19(27)16-8-3-4-11-24(16)17(25)9-10-18(26)28-2/h5-7,12,16H,3-4,8-11H2,1-2H3,(H,21,27)/t16-/m0/s1. The first-order chi connectivity index (χ1) is 14.0. The summed E-state index contributed by atoms with van der Waals surface area (Å²) >= 11 is 1.48. The predicted molar refractivity (Wildman–Crippen MR) is 109 cm³/mol. The van der Waals surface area contributed by atoms with E-state index >= 15 is 0 Å². The summed E-state index contributed by atoms with van der Waals surface area (Å²) in [6.07, 6.45) is 2.39. The number of aromatic nitrogens is 2. The molecule has 1 atom stereocenters. The minimum atomic E-state index is -0.540. The molecule has 1 aliphatic heterocycles. The molecule has 2 heterocycles. The van der Waals surface area contributed by atoms with Crippen LogP contribution in [-0.2, 0) is 19.1 Å². The smallest absolute Gasteiger partial charge is 0.306 e. The molecular formula is C20H24N4O4S. The van der Waals surface area contributed by atoms with Gasteiger partial charge in [0, 0.05) is 24.2 Å². The fourth-order valence-corrected chi connectivity index (χ4v) is 4.01. The molecule has 29 heavy (non-hydrogen) atoms. The number of carbonyl (C=O) groups is 3. The number of carbonyl (C=O) groups excluding carboxylic acids is 3. The second-order valence-corrected chi connectivity index (χ2v) is 8.05. The maximum Gasteiger partial charge on any atom is 0.306 e. The van der Waals surface area contributed by atoms with E-state index < -0.39 is 12.0 Å². The van der Waals surface area contributed by atoms with Crippen molar-refractivity contribution in [3.05, 3.63) is 29.3 Å². The van der Waals surface area contributed by atoms with Crippen molar-refractivity contribution in [2.24, 2.45) is 0 Å². The summed E-state index contributed by atoms with van der Waals surface area (Å²) in [6, 6.07) is 6.88. The normalized spacial score (nSPS) is 16.3. The van der Waals surface area contributed by atoms with Crippen molar-refractivity contribution < 1.29 is 19.1 Å². The van der Waals surface area contributed by atoms with Gasteiger partial charge in [0.1, 0.15) is 16.1 Å². The summed E-state index contributed by atoms with van der Waals surface area (Å²) < 4.78 is 4.59. The van der Waals surface area contributed by atoms with Gasteiger partial charge in [-0.25, -0.2) is 0 Å². The molecule has 1 aliphatic rings. The fourth-order valence-electron chi connectivity index (χ4n) is 3.33. The van der Waals surface area contributed by atoms with Crippen LogP contribution in [0, 0.1) is 6.92 Å². The molecule has 2 aromatic rings. The second kappa shape index (κ2) is 9.60. The van der Waals surface area contributed by atoms with Crippen LogP contribution in [0.25, 0.3) is 10.6 Å². The number of benzene rings is 1. The summed E-state index contributed by atoms with van der Waals surface area (Å²) in [6.45, 7) is 2.41. The van der Waals surface area contributed by atoms with Crippen molar-refractivity contribution in [1.82, 2.24) is 15.1 Å². The zero-order valence-electron chi connectivity index (χ0n) is 16.5. The Labute approximate surface area is 173 Å². The Hall–Kier alpha value is -2.81. The van der Waals surface area contributed by atoms with Gasteiger partial charge < -0.3 is 15.0 Å². The molecule has 0 unspecified atom stereocenters. The molecule has 0 spiro atoms. The van der Waals surface area contributed by atoms with E-state index in [1.54, 1.807) is 4.90 Å². The summed E-state index contributed by atoms with van der Waals surface area (Å²) in [7, 11) is 1.29. The topological polar surface area (TPSA) is 101 Å². The number of methoxy groups -OCH3 is 1. The number of anilines is 1. The molecule has 8 nitrogen and oxygen atoms in total. The zero-order chi connectivity index (χ0) is 20.8. The summed E-state index contributed by atoms with van der Waals surface area (Å²) in [5.74, 6) is -0.852. The van der Waals surface area contributed by atoms with Gasteiger partial charge in [0.25, 0.3) is 0 Å². The zero-order valence-corrected chi connectivity index (χ0v) is 17.3. The van der Waals surface area contributed by atoms with Crippen molar-refractivity contribution in [3.63, 3.8) is 0 Å². The van der Waals surface area contributed by atoms with E-state index in [0.717, 1.165) is 28.4 Å². The van der Waals surface area contributed by atoms with E-state index in [1.165, 1.54) is 18.4 Å². The first kappa shape index (κ1) is 20.9. The third-order valence-corrected chi connectivity index (χ3v) is 5.69. The predicted octanol–water partition coefficient (Wildman–Crippen LogP) is 2.79. The Morgan fingerprint density at radius 3 is 2.79 bits per heavy atom. The second-order valence-electron chi connectivity index (χ2n) is 6.87. The van der Waals surface area contributed by atoms with Crippen LogP contribution in [-0.4, -0.2) is 52.6 Å². The average molecular weight is 417 g/mol. The molecule has 1 fully saturated rings. The van der Waals surface area contributed by atoms with Crippen molar-refractivity contribution in [1.29, 1.82) is 0 Å². The van der Waals surface area contributed by atoms with Crippen LogP contribution >= 0.6 is 11.3 Å². The molecule has 0 saturated carbocycles. The number of hydrogen-bond donors (Lipinski definition) is 1. The summed E-state index contributed by atoms with van der Waals surface area (Å²) in [5.41, 5.74) is 1.52. The number of hydrogen-bond acceptors (Lipinski definition) is 7. The monoisotopic (exact) mass is 416 g/mol. The Balaban J connectivity index is 1.68. The van der Waals surface area contributed by atoms with Crippen LogP contribution in [0.3, 0.4) is 0 Å². The highest BCUT2D eigenvalue weighted by molar-refractivity contribution is 7.14. The SMILES string of the molecule is COC(=O)CCC(=O)N1CCCC[C@H]1C(=O)Nc1cccc(-c2nnc(C)s2)c1. The maximum atomic E-state index is 12.9. The van der Waals surface area contributed by atoms with Gasteiger partial charge >= 0.3 is 5.97 Å². The summed E-state index contributed by atoms with van der Waals surface area (Å²) in [4.78, 5) is 38.4. The van der Waals surface area contributed by atoms with Crippen molar-refractivity contribution >= 4 is 34.8 Å². The molecule has 1 N–H and O–H groups in total. The van der Waals surface area contributed by atoms with Gasteiger partial charge in [-0.3, -0.25) is 14.4 Å². The van der Waals surface area contributed by atoms with E-state index in [0.29, 0.717) is 18.7 Å². The van der Waals surface area contributed by atoms with Crippen molar-refractivity contribution in [3.8, 4) is 10.6 Å². The molecule has 154 valence electrons. The van der Waals surface area contributed by atoms with Crippen LogP contribution < -0.4 is 5.32 Å². The van der Waals surface area contributed by atoms with Crippen molar-refractivity contribution in [2.75, 3.05) is 19.0 Å². The van der Waals surface area contributed by atoms with Gasteiger partial charge in [0.05, 0.1) is 13.5 Å². The van der Waals surface area contributed by atoms with E-state index in [9.17, 15) is 14.4 Å². The van der Waals surface area contributed by atoms with Gasteiger partial charge in [0.2, 0.25) is 11.8 Å². The lowest BCUT2D eigenvalue weighted by Crippen LogP contribution is -2.50. The number of piperidine rings is 1. The van der Waals surface area contributed by atoms with Gasteiger partial charge in [-0.1, -0.05) is 23.5 Å². The molecule has 2 amide bonds. The van der Waals surface area contributed by atoms with Crippen LogP contribution in [0.15, 0.2) is 24.3 Å². The highest BCUT2D eigenvalue weighted by Gasteiger charge is 2.32. The number of ether oxygens (including phenoxy) is 1. The molecular weight excluding hydrogens is 392 g/mol. The molecule has 1 saturated heterocycles. The first-order valence-electron chi connectivity index (χ1n) is 9.55. The van der Waals surface area contributed by atoms with E-state index in [-0.39, 0.29) is 24.7 Å². The van der Waals surface area contributed by atoms with Crippen LogP contribution in [0.2, 0.25) is 0 Å². The van der Waals surface area contributed by atoms with E-state index in [1.807, 2.05) is 31.2 Å². The Morgan fingerprint density at radius 1 is 1.24 bits per heavy atom. The van der Waals surface area contributed by atoms with Gasteiger partial charge in [-0.15, -0.1) is 10.2 Å². The van der Waals surface area contributed by atoms with Crippen LogP contribution in [0.1, 0.15) is 37.1 Å². The minimum Gasteiger partial charge on any atom is -0.469 e. The number of esters is 1. The number of nitrogens with one attached hydrogen (secondary N) is 1. The molecule has 0 aliphatic carbocycles. The van der Waals surface area contributed by atoms with Gasteiger partial charge in [-0.2, -0.15) is 0 Å². The number of nitrogens with zero attached hydrogens (tertiary/aromatic N) is 3. The van der Waals surface area contributed by atoms with Gasteiger partial charge in [-0.05, 0) is 38.3 Å². The Bertz CT molecular complexity index is 898. The third-order valence-electron chi connectivity index (χ3n) is 4.80. The molecule has 3 rings (SSSR count). The first-order valence-corrected chi connectivity index (χ1v) is 10.4. The highest BCUT2D eigenvalue weighted by atomic mass is 32.1. The fraction of sp³-hybridized carbons (Fsp3) is 0.450. The summed E-state index contributed by atoms with van der Waals surface area (Å²) in [5, 5.41) is 12.7. The lowest BCUT2D eigenvalue weighted by Gasteiger charge is -2.34. The number of amides is 2. The van der Waals surface area contributed by atoms with Crippen molar-refractivity contribution in [2.45, 2.75) is 45.1 Å². The van der Waals surface area contributed by atoms with Gasteiger partial charge in [0.15, 0.2) is 0 Å². The molecule has 1 aromatic carbocycles. The maximum absolute atomic E-state index is 12.9. The molecule has 0 bridgehead atoms. The average Bonchev–Trinajstić information content (AvgIpc) is 3.18.